The van der Waals surface area contributed by atoms with Gasteiger partial charge in [-0.2, -0.15) is 0 Å². The van der Waals surface area contributed by atoms with E-state index >= 15 is 0 Å². The average Bonchev–Trinajstić information content (AvgIpc) is 2.33. The lowest BCUT2D eigenvalue weighted by molar-refractivity contribution is -0.139. The minimum Gasteiger partial charge on any atom is -0.508 e. The highest BCUT2D eigenvalue weighted by Crippen LogP contribution is 2.30. The van der Waals surface area contributed by atoms with Gasteiger partial charge in [-0.05, 0) is 31.8 Å². The third kappa shape index (κ3) is 2.97. The van der Waals surface area contributed by atoms with Crippen LogP contribution in [0.5, 0.6) is 5.75 Å². The topological polar surface area (TPSA) is 41.9 Å². The zero-order valence-corrected chi connectivity index (χ0v) is 10.3. The lowest BCUT2D eigenvalue weighted by Crippen LogP contribution is -2.36. The molecule has 2 rings (SSSR count). The maximum absolute atomic E-state index is 9.32. The number of hydrogen-bond donors (Lipinski definition) is 1. The van der Waals surface area contributed by atoms with E-state index in [1.807, 2.05) is 26.2 Å². The van der Waals surface area contributed by atoms with Crippen LogP contribution >= 0.6 is 0 Å². The fraction of sp³-hybridized carbons (Fsp3) is 0.538. The van der Waals surface area contributed by atoms with Crippen molar-refractivity contribution in [2.24, 2.45) is 5.92 Å². The van der Waals surface area contributed by atoms with Gasteiger partial charge in [0, 0.05) is 12.0 Å². The molecule has 0 saturated carbocycles. The largest absolute Gasteiger partial charge is 0.508 e. The van der Waals surface area contributed by atoms with Crippen LogP contribution < -0.4 is 0 Å². The summed E-state index contributed by atoms with van der Waals surface area (Å²) in [7, 11) is 4.10. The van der Waals surface area contributed by atoms with Gasteiger partial charge in [-0.1, -0.05) is 12.1 Å². The minimum atomic E-state index is 0.246. The van der Waals surface area contributed by atoms with E-state index in [1.165, 1.54) is 5.56 Å². The highest BCUT2D eigenvalue weighted by Gasteiger charge is 2.27. The predicted molar refractivity (Wildman–Crippen MR) is 64.8 cm³/mol. The molecule has 1 fully saturated rings. The van der Waals surface area contributed by atoms with E-state index in [9.17, 15) is 5.11 Å². The molecular formula is C13H19NO3. The Morgan fingerprint density at radius 3 is 2.29 bits per heavy atom. The molecule has 17 heavy (non-hydrogen) atoms. The van der Waals surface area contributed by atoms with Crippen molar-refractivity contribution in [3.8, 4) is 5.75 Å². The second kappa shape index (κ2) is 5.49. The highest BCUT2D eigenvalue weighted by molar-refractivity contribution is 5.28. The van der Waals surface area contributed by atoms with E-state index in [1.54, 1.807) is 12.1 Å². The standard InChI is InChI=1S/C13H19NO3/c1-14(2)13(11-7-16-9-17-8-11)10-3-5-12(15)6-4-10/h3-6,11,13,15H,7-9H2,1-2H3. The zero-order chi connectivity index (χ0) is 12.3. The van der Waals surface area contributed by atoms with Gasteiger partial charge >= 0.3 is 0 Å². The number of nitrogens with zero attached hydrogens (tertiary/aromatic N) is 1. The van der Waals surface area contributed by atoms with Crippen LogP contribution in [0.4, 0.5) is 0 Å². The molecule has 1 atom stereocenters. The third-order valence-corrected chi connectivity index (χ3v) is 3.07. The molecule has 1 N–H and O–H groups in total. The monoisotopic (exact) mass is 237 g/mol. The summed E-state index contributed by atoms with van der Waals surface area (Å²) in [4.78, 5) is 2.16. The van der Waals surface area contributed by atoms with Crippen LogP contribution in [0.2, 0.25) is 0 Å². The Morgan fingerprint density at radius 2 is 1.76 bits per heavy atom. The fourth-order valence-corrected chi connectivity index (χ4v) is 2.35. The zero-order valence-electron chi connectivity index (χ0n) is 10.3. The van der Waals surface area contributed by atoms with Crippen molar-refractivity contribution in [2.75, 3.05) is 34.1 Å². The number of hydrogen-bond acceptors (Lipinski definition) is 4. The van der Waals surface area contributed by atoms with Gasteiger partial charge in [0.1, 0.15) is 12.5 Å². The van der Waals surface area contributed by atoms with Crippen LogP contribution in [-0.2, 0) is 9.47 Å². The Morgan fingerprint density at radius 1 is 1.18 bits per heavy atom. The highest BCUT2D eigenvalue weighted by atomic mass is 16.7. The molecule has 1 unspecified atom stereocenters. The quantitative estimate of drug-likeness (QED) is 0.867. The smallest absolute Gasteiger partial charge is 0.146 e. The average molecular weight is 237 g/mol. The molecule has 0 bridgehead atoms. The first kappa shape index (κ1) is 12.4. The van der Waals surface area contributed by atoms with Crippen LogP contribution in [0.3, 0.4) is 0 Å². The van der Waals surface area contributed by atoms with E-state index in [0.29, 0.717) is 31.7 Å². The van der Waals surface area contributed by atoms with Crippen LogP contribution in [-0.4, -0.2) is 44.1 Å². The number of phenols is 1. The van der Waals surface area contributed by atoms with Gasteiger partial charge in [0.05, 0.1) is 13.2 Å². The number of ether oxygens (including phenoxy) is 2. The second-order valence-electron chi connectivity index (χ2n) is 4.62. The third-order valence-electron chi connectivity index (χ3n) is 3.07. The van der Waals surface area contributed by atoms with Gasteiger partial charge in [-0.15, -0.1) is 0 Å². The first-order valence-electron chi connectivity index (χ1n) is 5.79. The molecule has 0 aromatic heterocycles. The summed E-state index contributed by atoms with van der Waals surface area (Å²) in [6.45, 7) is 1.82. The lowest BCUT2D eigenvalue weighted by Gasteiger charge is -2.34. The van der Waals surface area contributed by atoms with Crippen LogP contribution in [0.1, 0.15) is 11.6 Å². The number of rotatable bonds is 3. The van der Waals surface area contributed by atoms with Crippen molar-refractivity contribution >= 4 is 0 Å². The number of phenolic OH excluding ortho intramolecular Hbond substituents is 1. The molecule has 1 heterocycles. The second-order valence-corrected chi connectivity index (χ2v) is 4.62. The molecule has 1 aromatic carbocycles. The Bertz CT molecular complexity index is 344. The van der Waals surface area contributed by atoms with Crippen LogP contribution in [0, 0.1) is 5.92 Å². The Balaban J connectivity index is 2.18. The van der Waals surface area contributed by atoms with Crippen molar-refractivity contribution < 1.29 is 14.6 Å². The normalized spacial score (nSPS) is 19.5. The molecule has 0 amide bonds. The summed E-state index contributed by atoms with van der Waals surface area (Å²) >= 11 is 0. The van der Waals surface area contributed by atoms with Crippen molar-refractivity contribution in [1.29, 1.82) is 0 Å². The molecule has 0 aliphatic carbocycles. The van der Waals surface area contributed by atoms with Crippen molar-refractivity contribution in [3.63, 3.8) is 0 Å². The van der Waals surface area contributed by atoms with Crippen LogP contribution in [0.25, 0.3) is 0 Å². The predicted octanol–water partition coefficient (Wildman–Crippen LogP) is 1.62. The Kier molecular flexibility index (Phi) is 3.99. The molecule has 0 radical (unpaired) electrons. The van der Waals surface area contributed by atoms with Gasteiger partial charge in [-0.3, -0.25) is 0 Å². The molecular weight excluding hydrogens is 218 g/mol. The van der Waals surface area contributed by atoms with Gasteiger partial charge in [0.2, 0.25) is 0 Å². The Hall–Kier alpha value is -1.10. The van der Waals surface area contributed by atoms with Crippen LogP contribution in [0.15, 0.2) is 24.3 Å². The SMILES string of the molecule is CN(C)C(c1ccc(O)cc1)C1COCOC1. The van der Waals surface area contributed by atoms with Gasteiger partial charge in [0.25, 0.3) is 0 Å². The van der Waals surface area contributed by atoms with Gasteiger partial charge in [0.15, 0.2) is 0 Å². The van der Waals surface area contributed by atoms with E-state index in [-0.39, 0.29) is 6.04 Å². The maximum atomic E-state index is 9.32. The van der Waals surface area contributed by atoms with E-state index < -0.39 is 0 Å². The first-order chi connectivity index (χ1) is 8.18. The van der Waals surface area contributed by atoms with Gasteiger partial charge < -0.3 is 19.5 Å². The summed E-state index contributed by atoms with van der Waals surface area (Å²) < 4.78 is 10.7. The lowest BCUT2D eigenvalue weighted by atomic mass is 9.93. The summed E-state index contributed by atoms with van der Waals surface area (Å²) in [5.74, 6) is 0.616. The van der Waals surface area contributed by atoms with Crippen molar-refractivity contribution in [1.82, 2.24) is 4.90 Å². The molecule has 1 saturated heterocycles. The molecule has 0 spiro atoms. The van der Waals surface area contributed by atoms with Gasteiger partial charge in [-0.25, -0.2) is 0 Å². The molecule has 1 aromatic rings. The van der Waals surface area contributed by atoms with Crippen molar-refractivity contribution in [3.05, 3.63) is 29.8 Å². The number of benzene rings is 1. The summed E-state index contributed by atoms with van der Waals surface area (Å²) in [5, 5.41) is 9.32. The number of aromatic hydroxyl groups is 1. The van der Waals surface area contributed by atoms with E-state index in [0.717, 1.165) is 0 Å². The molecule has 4 nitrogen and oxygen atoms in total. The maximum Gasteiger partial charge on any atom is 0.146 e. The minimum absolute atomic E-state index is 0.246. The molecule has 94 valence electrons. The fourth-order valence-electron chi connectivity index (χ4n) is 2.35. The van der Waals surface area contributed by atoms with E-state index in [4.69, 9.17) is 9.47 Å². The summed E-state index contributed by atoms with van der Waals surface area (Å²) in [5.41, 5.74) is 1.17. The summed E-state index contributed by atoms with van der Waals surface area (Å²) in [6, 6.07) is 7.59. The summed E-state index contributed by atoms with van der Waals surface area (Å²) in [6.07, 6.45) is 0. The Labute approximate surface area is 102 Å². The molecule has 1 aliphatic heterocycles. The molecule has 1 aliphatic rings. The van der Waals surface area contributed by atoms with Crippen molar-refractivity contribution in [2.45, 2.75) is 6.04 Å². The first-order valence-corrected chi connectivity index (χ1v) is 5.79. The van der Waals surface area contributed by atoms with E-state index in [2.05, 4.69) is 4.90 Å². The molecule has 4 heteroatoms.